The molecule has 1 saturated heterocycles. The number of carbonyl (C=O) groups excluding carboxylic acids is 2. The predicted octanol–water partition coefficient (Wildman–Crippen LogP) is 1.67. The van der Waals surface area contributed by atoms with Crippen molar-refractivity contribution in [2.24, 2.45) is 5.73 Å². The number of morpholine rings is 1. The van der Waals surface area contributed by atoms with Gasteiger partial charge in [-0.15, -0.1) is 0 Å². The fraction of sp³-hybridized carbons (Fsp3) is 0.385. The summed E-state index contributed by atoms with van der Waals surface area (Å²) >= 11 is 0. The molecule has 22 heavy (non-hydrogen) atoms. The summed E-state index contributed by atoms with van der Waals surface area (Å²) < 4.78 is 43.8. The van der Waals surface area contributed by atoms with Crippen molar-refractivity contribution < 1.29 is 27.5 Å². The molecule has 0 atom stereocenters. The Balaban J connectivity index is 2.36. The molecule has 0 aromatic heterocycles. The van der Waals surface area contributed by atoms with E-state index in [1.54, 1.807) is 0 Å². The van der Waals surface area contributed by atoms with Crippen molar-refractivity contribution in [1.29, 1.82) is 0 Å². The van der Waals surface area contributed by atoms with Crippen LogP contribution in [-0.4, -0.2) is 43.1 Å². The maximum absolute atomic E-state index is 12.9. The molecule has 9 heteroatoms. The molecular formula is C13H14F3N3O3. The molecule has 6 nitrogen and oxygen atoms in total. The van der Waals surface area contributed by atoms with Crippen molar-refractivity contribution in [2.75, 3.05) is 31.6 Å². The second kappa shape index (κ2) is 6.22. The summed E-state index contributed by atoms with van der Waals surface area (Å²) in [6.45, 7) is 1.26. The van der Waals surface area contributed by atoms with Crippen LogP contribution >= 0.6 is 0 Å². The predicted molar refractivity (Wildman–Crippen MR) is 71.4 cm³/mol. The summed E-state index contributed by atoms with van der Waals surface area (Å²) in [5.74, 6) is -0.554. The minimum Gasteiger partial charge on any atom is -0.378 e. The number of alkyl halides is 3. The summed E-state index contributed by atoms with van der Waals surface area (Å²) in [6.07, 6.45) is -4.64. The molecule has 1 aromatic carbocycles. The zero-order chi connectivity index (χ0) is 16.3. The second-order valence-electron chi connectivity index (χ2n) is 4.69. The number of anilines is 1. The van der Waals surface area contributed by atoms with Gasteiger partial charge in [0, 0.05) is 24.3 Å². The largest absolute Gasteiger partial charge is 0.416 e. The van der Waals surface area contributed by atoms with Crippen LogP contribution in [0.3, 0.4) is 0 Å². The SMILES string of the molecule is NC(=O)Nc1cc(C(=O)N2CCOCC2)cc(C(F)(F)F)c1. The molecule has 1 aliphatic heterocycles. The molecule has 120 valence electrons. The zero-order valence-corrected chi connectivity index (χ0v) is 11.4. The second-order valence-corrected chi connectivity index (χ2v) is 4.69. The standard InChI is InChI=1S/C13H14F3N3O3/c14-13(15,16)9-5-8(6-10(7-9)18-12(17)21)11(20)19-1-3-22-4-2-19/h5-7H,1-4H2,(H3,17,18,21). The number of benzene rings is 1. The topological polar surface area (TPSA) is 84.7 Å². The first-order valence-corrected chi connectivity index (χ1v) is 6.43. The maximum atomic E-state index is 12.9. The van der Waals surface area contributed by atoms with Crippen LogP contribution in [0.1, 0.15) is 15.9 Å². The third kappa shape index (κ3) is 3.88. The van der Waals surface area contributed by atoms with E-state index in [2.05, 4.69) is 5.32 Å². The molecule has 1 heterocycles. The highest BCUT2D eigenvalue weighted by Gasteiger charge is 2.32. The number of hydrogen-bond acceptors (Lipinski definition) is 3. The Kier molecular flexibility index (Phi) is 4.55. The van der Waals surface area contributed by atoms with E-state index in [-0.39, 0.29) is 11.3 Å². The molecule has 1 aromatic rings. The number of urea groups is 1. The van der Waals surface area contributed by atoms with Gasteiger partial charge in [-0.2, -0.15) is 13.2 Å². The average Bonchev–Trinajstić information content (AvgIpc) is 2.45. The van der Waals surface area contributed by atoms with Crippen LogP contribution in [0.2, 0.25) is 0 Å². The molecule has 0 spiro atoms. The number of hydrogen-bond donors (Lipinski definition) is 2. The van der Waals surface area contributed by atoms with E-state index in [1.165, 1.54) is 4.90 Å². The number of primary amides is 1. The molecule has 3 N–H and O–H groups in total. The van der Waals surface area contributed by atoms with Crippen molar-refractivity contribution in [2.45, 2.75) is 6.18 Å². The number of amides is 3. The summed E-state index contributed by atoms with van der Waals surface area (Å²) in [5.41, 5.74) is 3.53. The smallest absolute Gasteiger partial charge is 0.378 e. The molecule has 3 amide bonds. The number of rotatable bonds is 2. The van der Waals surface area contributed by atoms with Gasteiger partial charge in [0.1, 0.15) is 0 Å². The first kappa shape index (κ1) is 16.1. The molecule has 0 bridgehead atoms. The molecule has 0 unspecified atom stereocenters. The van der Waals surface area contributed by atoms with Gasteiger partial charge in [-0.05, 0) is 18.2 Å². The number of nitrogens with zero attached hydrogens (tertiary/aromatic N) is 1. The number of nitrogens with two attached hydrogens (primary N) is 1. The van der Waals surface area contributed by atoms with Gasteiger partial charge in [-0.3, -0.25) is 4.79 Å². The van der Waals surface area contributed by atoms with Crippen LogP contribution in [0, 0.1) is 0 Å². The first-order chi connectivity index (χ1) is 10.3. The van der Waals surface area contributed by atoms with E-state index in [0.717, 1.165) is 18.2 Å². The molecular weight excluding hydrogens is 303 g/mol. The van der Waals surface area contributed by atoms with E-state index in [4.69, 9.17) is 10.5 Å². The van der Waals surface area contributed by atoms with Crippen LogP contribution in [0.4, 0.5) is 23.7 Å². The van der Waals surface area contributed by atoms with E-state index in [9.17, 15) is 22.8 Å². The van der Waals surface area contributed by atoms with Gasteiger partial charge in [0.2, 0.25) is 0 Å². The van der Waals surface area contributed by atoms with Crippen LogP contribution in [-0.2, 0) is 10.9 Å². The Morgan fingerprint density at radius 3 is 2.36 bits per heavy atom. The Morgan fingerprint density at radius 1 is 1.18 bits per heavy atom. The lowest BCUT2D eigenvalue weighted by Crippen LogP contribution is -2.40. The summed E-state index contributed by atoms with van der Waals surface area (Å²) in [5, 5.41) is 2.06. The highest BCUT2D eigenvalue weighted by molar-refractivity contribution is 5.97. The lowest BCUT2D eigenvalue weighted by molar-refractivity contribution is -0.137. The lowest BCUT2D eigenvalue weighted by atomic mass is 10.1. The number of carbonyl (C=O) groups is 2. The molecule has 0 aliphatic carbocycles. The van der Waals surface area contributed by atoms with Crippen molar-refractivity contribution in [1.82, 2.24) is 4.90 Å². The van der Waals surface area contributed by atoms with Gasteiger partial charge in [0.05, 0.1) is 18.8 Å². The highest BCUT2D eigenvalue weighted by atomic mass is 19.4. The third-order valence-corrected chi connectivity index (χ3v) is 3.07. The van der Waals surface area contributed by atoms with Gasteiger partial charge in [0.15, 0.2) is 0 Å². The normalized spacial score (nSPS) is 15.5. The zero-order valence-electron chi connectivity index (χ0n) is 11.4. The van der Waals surface area contributed by atoms with Gasteiger partial charge in [-0.1, -0.05) is 0 Å². The fourth-order valence-corrected chi connectivity index (χ4v) is 2.08. The van der Waals surface area contributed by atoms with E-state index in [1.807, 2.05) is 0 Å². The Bertz CT molecular complexity index is 584. The molecule has 1 aliphatic rings. The maximum Gasteiger partial charge on any atom is 0.416 e. The van der Waals surface area contributed by atoms with Gasteiger partial charge >= 0.3 is 12.2 Å². The van der Waals surface area contributed by atoms with Crippen LogP contribution in [0.15, 0.2) is 18.2 Å². The van der Waals surface area contributed by atoms with Gasteiger partial charge in [0.25, 0.3) is 5.91 Å². The van der Waals surface area contributed by atoms with Gasteiger partial charge < -0.3 is 20.7 Å². The number of ether oxygens (including phenoxy) is 1. The van der Waals surface area contributed by atoms with Crippen molar-refractivity contribution in [3.63, 3.8) is 0 Å². The summed E-state index contributed by atoms with van der Waals surface area (Å²) in [6, 6.07) is 1.63. The third-order valence-electron chi connectivity index (χ3n) is 3.07. The quantitative estimate of drug-likeness (QED) is 0.870. The van der Waals surface area contributed by atoms with E-state index in [0.29, 0.717) is 26.3 Å². The molecule has 2 rings (SSSR count). The molecule has 1 fully saturated rings. The highest BCUT2D eigenvalue weighted by Crippen LogP contribution is 2.32. The Labute approximate surface area is 124 Å². The van der Waals surface area contributed by atoms with E-state index < -0.39 is 23.7 Å². The monoisotopic (exact) mass is 317 g/mol. The number of nitrogens with one attached hydrogen (secondary N) is 1. The van der Waals surface area contributed by atoms with E-state index >= 15 is 0 Å². The van der Waals surface area contributed by atoms with Crippen LogP contribution in [0.25, 0.3) is 0 Å². The summed E-state index contributed by atoms with van der Waals surface area (Å²) in [7, 11) is 0. The fourth-order valence-electron chi connectivity index (χ4n) is 2.08. The van der Waals surface area contributed by atoms with Crippen molar-refractivity contribution >= 4 is 17.6 Å². The average molecular weight is 317 g/mol. The minimum absolute atomic E-state index is 0.166. The first-order valence-electron chi connectivity index (χ1n) is 6.43. The lowest BCUT2D eigenvalue weighted by Gasteiger charge is -2.27. The molecule has 0 radical (unpaired) electrons. The number of halogens is 3. The van der Waals surface area contributed by atoms with Gasteiger partial charge in [-0.25, -0.2) is 4.79 Å². The molecule has 0 saturated carbocycles. The minimum atomic E-state index is -4.64. The Hall–Kier alpha value is -2.29. The summed E-state index contributed by atoms with van der Waals surface area (Å²) in [4.78, 5) is 24.5. The van der Waals surface area contributed by atoms with Crippen LogP contribution in [0.5, 0.6) is 0 Å². The van der Waals surface area contributed by atoms with Crippen LogP contribution < -0.4 is 11.1 Å². The Morgan fingerprint density at radius 2 is 1.82 bits per heavy atom. The van der Waals surface area contributed by atoms with Crippen molar-refractivity contribution in [3.8, 4) is 0 Å². The van der Waals surface area contributed by atoms with Crippen molar-refractivity contribution in [3.05, 3.63) is 29.3 Å².